The van der Waals surface area contributed by atoms with Crippen molar-refractivity contribution in [3.8, 4) is 5.75 Å². The zero-order valence-corrected chi connectivity index (χ0v) is 12.3. The van der Waals surface area contributed by atoms with E-state index in [9.17, 15) is 0 Å². The normalized spacial score (nSPS) is 12.3. The molecule has 0 amide bonds. The van der Waals surface area contributed by atoms with Gasteiger partial charge in [-0.1, -0.05) is 19.1 Å². The smallest absolute Gasteiger partial charge is 0.164 e. The Hall–Kier alpha value is -1.88. The third-order valence-electron chi connectivity index (χ3n) is 3.07. The summed E-state index contributed by atoms with van der Waals surface area (Å²) >= 11 is 0. The first-order valence-corrected chi connectivity index (χ1v) is 6.99. The molecule has 2 rings (SSSR count). The zero-order chi connectivity index (χ0) is 14.4. The number of ether oxygens (including phenoxy) is 1. The van der Waals surface area contributed by atoms with Crippen molar-refractivity contribution in [1.29, 1.82) is 0 Å². The van der Waals surface area contributed by atoms with Crippen LogP contribution in [0.5, 0.6) is 5.75 Å². The van der Waals surface area contributed by atoms with Crippen molar-refractivity contribution in [1.82, 2.24) is 20.1 Å². The fraction of sp³-hybridized carbons (Fsp3) is 0.467. The zero-order valence-electron chi connectivity index (χ0n) is 12.3. The first-order chi connectivity index (χ1) is 9.69. The molecule has 0 aliphatic carbocycles. The molecule has 1 atom stereocenters. The Morgan fingerprint density at radius 1 is 1.30 bits per heavy atom. The highest BCUT2D eigenvalue weighted by atomic mass is 16.5. The van der Waals surface area contributed by atoms with Crippen LogP contribution in [0, 0.1) is 0 Å². The van der Waals surface area contributed by atoms with Gasteiger partial charge in [0.1, 0.15) is 12.1 Å². The molecule has 0 radical (unpaired) electrons. The van der Waals surface area contributed by atoms with Gasteiger partial charge in [-0.25, -0.2) is 4.98 Å². The van der Waals surface area contributed by atoms with Gasteiger partial charge in [-0.15, -0.1) is 0 Å². The van der Waals surface area contributed by atoms with Crippen molar-refractivity contribution in [2.75, 3.05) is 6.61 Å². The Morgan fingerprint density at radius 2 is 2.05 bits per heavy atom. The van der Waals surface area contributed by atoms with E-state index < -0.39 is 0 Å². The highest BCUT2D eigenvalue weighted by molar-refractivity contribution is 5.28. The quantitative estimate of drug-likeness (QED) is 0.842. The van der Waals surface area contributed by atoms with Crippen molar-refractivity contribution < 1.29 is 4.74 Å². The van der Waals surface area contributed by atoms with E-state index >= 15 is 0 Å². The Bertz CT molecular complexity index is 521. The molecular weight excluding hydrogens is 252 g/mol. The number of aromatic nitrogens is 3. The van der Waals surface area contributed by atoms with Crippen LogP contribution in [-0.2, 0) is 13.6 Å². The molecule has 1 N–H and O–H groups in total. The molecule has 20 heavy (non-hydrogen) atoms. The Labute approximate surface area is 120 Å². The fourth-order valence-corrected chi connectivity index (χ4v) is 1.90. The minimum atomic E-state index is 0.249. The van der Waals surface area contributed by atoms with Gasteiger partial charge in [0.15, 0.2) is 5.82 Å². The first kappa shape index (κ1) is 14.5. The third kappa shape index (κ3) is 4.06. The molecule has 1 heterocycles. The molecule has 0 fully saturated rings. The number of nitrogens with one attached hydrogen (secondary N) is 1. The van der Waals surface area contributed by atoms with Gasteiger partial charge in [-0.05, 0) is 31.0 Å². The molecule has 5 nitrogen and oxygen atoms in total. The van der Waals surface area contributed by atoms with E-state index in [1.807, 2.05) is 19.2 Å². The van der Waals surface area contributed by atoms with E-state index in [0.717, 1.165) is 24.6 Å². The molecule has 0 aliphatic rings. The predicted molar refractivity (Wildman–Crippen MR) is 78.5 cm³/mol. The van der Waals surface area contributed by atoms with Gasteiger partial charge in [-0.2, -0.15) is 5.10 Å². The van der Waals surface area contributed by atoms with Crippen LogP contribution in [0.1, 0.15) is 37.7 Å². The topological polar surface area (TPSA) is 52.0 Å². The number of aryl methyl sites for hydroxylation is 1. The first-order valence-electron chi connectivity index (χ1n) is 6.99. The van der Waals surface area contributed by atoms with Crippen LogP contribution in [0.25, 0.3) is 0 Å². The van der Waals surface area contributed by atoms with Gasteiger partial charge < -0.3 is 10.1 Å². The maximum Gasteiger partial charge on any atom is 0.164 e. The van der Waals surface area contributed by atoms with Crippen LogP contribution < -0.4 is 10.1 Å². The molecular formula is C15H22N4O. The van der Waals surface area contributed by atoms with Crippen LogP contribution in [0.4, 0.5) is 0 Å². The second-order valence-electron chi connectivity index (χ2n) is 4.85. The van der Waals surface area contributed by atoms with Gasteiger partial charge in [0.2, 0.25) is 0 Å². The van der Waals surface area contributed by atoms with Crippen molar-refractivity contribution >= 4 is 0 Å². The number of hydrogen-bond acceptors (Lipinski definition) is 4. The average Bonchev–Trinajstić information content (AvgIpc) is 2.89. The second kappa shape index (κ2) is 7.05. The van der Waals surface area contributed by atoms with Crippen LogP contribution in [0.3, 0.4) is 0 Å². The predicted octanol–water partition coefficient (Wildman–Crippen LogP) is 2.45. The number of rotatable bonds is 7. The molecule has 0 saturated heterocycles. The monoisotopic (exact) mass is 274 g/mol. The van der Waals surface area contributed by atoms with Gasteiger partial charge in [0, 0.05) is 13.1 Å². The minimum absolute atomic E-state index is 0.249. The summed E-state index contributed by atoms with van der Waals surface area (Å²) < 4.78 is 7.29. The van der Waals surface area contributed by atoms with Gasteiger partial charge >= 0.3 is 0 Å². The molecule has 0 aliphatic heterocycles. The maximum absolute atomic E-state index is 5.58. The van der Waals surface area contributed by atoms with E-state index in [-0.39, 0.29) is 6.04 Å². The summed E-state index contributed by atoms with van der Waals surface area (Å²) in [6.07, 6.45) is 2.73. The standard InChI is InChI=1S/C15H22N4O/c1-4-9-20-14-7-5-13(6-8-14)12(2)16-10-15-17-11-19(3)18-15/h5-8,11-12,16H,4,9-10H2,1-3H3. The van der Waals surface area contributed by atoms with Crippen LogP contribution in [-0.4, -0.2) is 21.4 Å². The van der Waals surface area contributed by atoms with Crippen molar-refractivity contribution in [3.05, 3.63) is 42.0 Å². The van der Waals surface area contributed by atoms with Crippen molar-refractivity contribution in [2.24, 2.45) is 7.05 Å². The lowest BCUT2D eigenvalue weighted by atomic mass is 10.1. The van der Waals surface area contributed by atoms with Gasteiger partial charge in [0.05, 0.1) is 13.2 Å². The van der Waals surface area contributed by atoms with E-state index in [1.54, 1.807) is 11.0 Å². The second-order valence-corrected chi connectivity index (χ2v) is 4.85. The fourth-order valence-electron chi connectivity index (χ4n) is 1.90. The lowest BCUT2D eigenvalue weighted by Gasteiger charge is -2.13. The molecule has 0 saturated carbocycles. The Morgan fingerprint density at radius 3 is 2.65 bits per heavy atom. The minimum Gasteiger partial charge on any atom is -0.494 e. The summed E-state index contributed by atoms with van der Waals surface area (Å²) in [5.41, 5.74) is 1.23. The number of benzene rings is 1. The summed E-state index contributed by atoms with van der Waals surface area (Å²) in [4.78, 5) is 4.20. The van der Waals surface area contributed by atoms with Crippen LogP contribution >= 0.6 is 0 Å². The summed E-state index contributed by atoms with van der Waals surface area (Å²) in [6.45, 7) is 5.66. The van der Waals surface area contributed by atoms with E-state index in [1.165, 1.54) is 5.56 Å². The molecule has 1 unspecified atom stereocenters. The molecule has 108 valence electrons. The molecule has 2 aromatic rings. The molecule has 5 heteroatoms. The van der Waals surface area contributed by atoms with Gasteiger partial charge in [-0.3, -0.25) is 4.68 Å². The number of hydrogen-bond donors (Lipinski definition) is 1. The van der Waals surface area contributed by atoms with E-state index in [0.29, 0.717) is 6.54 Å². The lowest BCUT2D eigenvalue weighted by molar-refractivity contribution is 0.317. The van der Waals surface area contributed by atoms with Crippen molar-refractivity contribution in [2.45, 2.75) is 32.9 Å². The highest BCUT2D eigenvalue weighted by Crippen LogP contribution is 2.18. The molecule has 0 spiro atoms. The maximum atomic E-state index is 5.58. The third-order valence-corrected chi connectivity index (χ3v) is 3.07. The lowest BCUT2D eigenvalue weighted by Crippen LogP contribution is -2.19. The van der Waals surface area contributed by atoms with Crippen molar-refractivity contribution in [3.63, 3.8) is 0 Å². The largest absolute Gasteiger partial charge is 0.494 e. The molecule has 1 aromatic carbocycles. The average molecular weight is 274 g/mol. The number of nitrogens with zero attached hydrogens (tertiary/aromatic N) is 3. The van der Waals surface area contributed by atoms with E-state index in [2.05, 4.69) is 41.4 Å². The summed E-state index contributed by atoms with van der Waals surface area (Å²) in [7, 11) is 1.87. The van der Waals surface area contributed by atoms with Crippen LogP contribution in [0.2, 0.25) is 0 Å². The van der Waals surface area contributed by atoms with E-state index in [4.69, 9.17) is 4.74 Å². The summed E-state index contributed by atoms with van der Waals surface area (Å²) in [5, 5.41) is 7.66. The Kier molecular flexibility index (Phi) is 5.12. The summed E-state index contributed by atoms with van der Waals surface area (Å²) in [5.74, 6) is 1.73. The SMILES string of the molecule is CCCOc1ccc(C(C)NCc2ncn(C)n2)cc1. The molecule has 0 bridgehead atoms. The molecule has 1 aromatic heterocycles. The van der Waals surface area contributed by atoms with Gasteiger partial charge in [0.25, 0.3) is 0 Å². The summed E-state index contributed by atoms with van der Waals surface area (Å²) in [6, 6.07) is 8.46. The highest BCUT2D eigenvalue weighted by Gasteiger charge is 2.06. The van der Waals surface area contributed by atoms with Crippen LogP contribution in [0.15, 0.2) is 30.6 Å². The Balaban J connectivity index is 1.86.